The molecule has 1 fully saturated rings. The van der Waals surface area contributed by atoms with E-state index in [-0.39, 0.29) is 10.7 Å². The number of carbonyl (C=O) groups is 1. The third-order valence-electron chi connectivity index (χ3n) is 4.85. The van der Waals surface area contributed by atoms with Crippen LogP contribution in [-0.2, 0) is 10.0 Å². The lowest BCUT2D eigenvalue weighted by molar-refractivity contribution is 0.0918. The molecular formula is C20H23NO5S. The molecule has 1 atom stereocenters. The number of nitrogens with zero attached hydrogens (tertiary/aromatic N) is 1. The summed E-state index contributed by atoms with van der Waals surface area (Å²) in [4.78, 5) is 13.2. The highest BCUT2D eigenvalue weighted by atomic mass is 32.2. The van der Waals surface area contributed by atoms with Gasteiger partial charge in [-0.1, -0.05) is 0 Å². The molecule has 0 saturated carbocycles. The molecule has 1 unspecified atom stereocenters. The number of hydrogen-bond donors (Lipinski definition) is 0. The van der Waals surface area contributed by atoms with Crippen molar-refractivity contribution >= 4 is 15.8 Å². The predicted molar refractivity (Wildman–Crippen MR) is 102 cm³/mol. The fourth-order valence-electron chi connectivity index (χ4n) is 3.40. The van der Waals surface area contributed by atoms with Gasteiger partial charge in [0.15, 0.2) is 5.78 Å². The van der Waals surface area contributed by atoms with E-state index in [1.54, 1.807) is 50.4 Å². The number of Topliss-reactive ketones (excluding diaryl/α,β-unsaturated/α-hetero) is 1. The Labute approximate surface area is 159 Å². The van der Waals surface area contributed by atoms with E-state index in [0.29, 0.717) is 42.0 Å². The van der Waals surface area contributed by atoms with Crippen LogP contribution in [0.15, 0.2) is 47.4 Å². The number of benzene rings is 2. The van der Waals surface area contributed by atoms with E-state index in [1.165, 1.54) is 17.5 Å². The number of rotatable bonds is 6. The molecule has 2 aromatic carbocycles. The monoisotopic (exact) mass is 389 g/mol. The van der Waals surface area contributed by atoms with Gasteiger partial charge in [-0.15, -0.1) is 0 Å². The van der Waals surface area contributed by atoms with E-state index < -0.39 is 16.1 Å². The van der Waals surface area contributed by atoms with Gasteiger partial charge in [-0.25, -0.2) is 8.42 Å². The third-order valence-corrected chi connectivity index (χ3v) is 6.92. The van der Waals surface area contributed by atoms with Gasteiger partial charge in [-0.3, -0.25) is 4.79 Å². The molecule has 1 heterocycles. The minimum atomic E-state index is -3.78. The van der Waals surface area contributed by atoms with Crippen molar-refractivity contribution in [2.45, 2.75) is 30.7 Å². The molecule has 0 bridgehead atoms. The summed E-state index contributed by atoms with van der Waals surface area (Å²) in [5.74, 6) is 1.06. The van der Waals surface area contributed by atoms with E-state index in [0.717, 1.165) is 0 Å². The molecule has 2 aromatic rings. The van der Waals surface area contributed by atoms with E-state index in [1.807, 2.05) is 0 Å². The minimum absolute atomic E-state index is 0.190. The highest BCUT2D eigenvalue weighted by molar-refractivity contribution is 7.89. The average molecular weight is 389 g/mol. The Balaban J connectivity index is 1.91. The van der Waals surface area contributed by atoms with E-state index in [2.05, 4.69) is 0 Å². The SMILES string of the molecule is COc1ccc(C(=O)C2CCCN2S(=O)(=O)c2ccc(OC)cc2C)cc1. The highest BCUT2D eigenvalue weighted by Crippen LogP contribution is 2.31. The van der Waals surface area contributed by atoms with E-state index in [4.69, 9.17) is 9.47 Å². The second kappa shape index (κ2) is 7.70. The first kappa shape index (κ1) is 19.4. The summed E-state index contributed by atoms with van der Waals surface area (Å²) < 4.78 is 38.0. The molecule has 0 amide bonds. The number of carbonyl (C=O) groups excluding carboxylic acids is 1. The average Bonchev–Trinajstić information content (AvgIpc) is 3.18. The molecule has 144 valence electrons. The Morgan fingerprint density at radius 1 is 1.04 bits per heavy atom. The third kappa shape index (κ3) is 3.70. The molecule has 0 aliphatic carbocycles. The summed E-state index contributed by atoms with van der Waals surface area (Å²) in [6.07, 6.45) is 1.17. The Kier molecular flexibility index (Phi) is 5.53. The largest absolute Gasteiger partial charge is 0.497 e. The molecule has 1 aliphatic rings. The molecule has 0 N–H and O–H groups in total. The first-order valence-corrected chi connectivity index (χ1v) is 10.2. The van der Waals surface area contributed by atoms with Crippen LogP contribution in [0.2, 0.25) is 0 Å². The van der Waals surface area contributed by atoms with E-state index in [9.17, 15) is 13.2 Å². The lowest BCUT2D eigenvalue weighted by Gasteiger charge is -2.24. The summed E-state index contributed by atoms with van der Waals surface area (Å²) in [6, 6.07) is 10.9. The predicted octanol–water partition coefficient (Wildman–Crippen LogP) is 3.05. The van der Waals surface area contributed by atoms with Crippen LogP contribution in [0.3, 0.4) is 0 Å². The van der Waals surface area contributed by atoms with Crippen molar-refractivity contribution in [3.63, 3.8) is 0 Å². The molecule has 1 aliphatic heterocycles. The van der Waals surface area contributed by atoms with Crippen LogP contribution >= 0.6 is 0 Å². The summed E-state index contributed by atoms with van der Waals surface area (Å²) in [7, 11) is -0.688. The molecule has 0 spiro atoms. The zero-order valence-electron chi connectivity index (χ0n) is 15.6. The minimum Gasteiger partial charge on any atom is -0.497 e. The fourth-order valence-corrected chi connectivity index (χ4v) is 5.27. The zero-order valence-corrected chi connectivity index (χ0v) is 16.5. The van der Waals surface area contributed by atoms with E-state index >= 15 is 0 Å². The Bertz CT molecular complexity index is 937. The zero-order chi connectivity index (χ0) is 19.6. The Morgan fingerprint density at radius 3 is 2.26 bits per heavy atom. The van der Waals surface area contributed by atoms with Gasteiger partial charge in [0, 0.05) is 12.1 Å². The smallest absolute Gasteiger partial charge is 0.244 e. The van der Waals surface area contributed by atoms with Crippen molar-refractivity contribution in [3.8, 4) is 11.5 Å². The van der Waals surface area contributed by atoms with Gasteiger partial charge in [0.05, 0.1) is 25.2 Å². The standard InChI is InChI=1S/C20H23NO5S/c1-14-13-17(26-3)10-11-19(14)27(23,24)21-12-4-5-18(21)20(22)15-6-8-16(25-2)9-7-15/h6-11,13,18H,4-5,12H2,1-3H3. The van der Waals surface area contributed by atoms with Crippen LogP contribution < -0.4 is 9.47 Å². The number of aryl methyl sites for hydroxylation is 1. The van der Waals surface area contributed by atoms with Crippen LogP contribution in [0, 0.1) is 6.92 Å². The van der Waals surface area contributed by atoms with Crippen LogP contribution in [0.4, 0.5) is 0 Å². The molecule has 27 heavy (non-hydrogen) atoms. The normalized spacial score (nSPS) is 17.7. The van der Waals surface area contributed by atoms with Crippen LogP contribution in [0.25, 0.3) is 0 Å². The second-order valence-electron chi connectivity index (χ2n) is 6.50. The molecular weight excluding hydrogens is 366 g/mol. The number of ether oxygens (including phenoxy) is 2. The molecule has 3 rings (SSSR count). The van der Waals surface area contributed by atoms with Crippen molar-refractivity contribution in [3.05, 3.63) is 53.6 Å². The summed E-state index contributed by atoms with van der Waals surface area (Å²) in [5.41, 5.74) is 1.08. The van der Waals surface area contributed by atoms with Crippen molar-refractivity contribution in [1.82, 2.24) is 4.31 Å². The van der Waals surface area contributed by atoms with Crippen molar-refractivity contribution < 1.29 is 22.7 Å². The quantitative estimate of drug-likeness (QED) is 0.710. The maximum atomic E-state index is 13.2. The van der Waals surface area contributed by atoms with Gasteiger partial charge in [-0.2, -0.15) is 4.31 Å². The molecule has 6 nitrogen and oxygen atoms in total. The molecule has 0 aromatic heterocycles. The van der Waals surface area contributed by atoms with Gasteiger partial charge in [0.1, 0.15) is 11.5 Å². The lowest BCUT2D eigenvalue weighted by atomic mass is 10.0. The van der Waals surface area contributed by atoms with Crippen molar-refractivity contribution in [2.24, 2.45) is 0 Å². The lowest BCUT2D eigenvalue weighted by Crippen LogP contribution is -2.40. The molecule has 1 saturated heterocycles. The Hall–Kier alpha value is -2.38. The molecule has 0 radical (unpaired) electrons. The fraction of sp³-hybridized carbons (Fsp3) is 0.350. The van der Waals surface area contributed by atoms with Gasteiger partial charge < -0.3 is 9.47 Å². The van der Waals surface area contributed by atoms with Crippen LogP contribution in [0.5, 0.6) is 11.5 Å². The van der Waals surface area contributed by atoms with Crippen molar-refractivity contribution in [2.75, 3.05) is 20.8 Å². The maximum absolute atomic E-state index is 13.2. The molecule has 7 heteroatoms. The Morgan fingerprint density at radius 2 is 1.67 bits per heavy atom. The van der Waals surface area contributed by atoms with Crippen molar-refractivity contribution in [1.29, 1.82) is 0 Å². The van der Waals surface area contributed by atoms with Gasteiger partial charge in [0.25, 0.3) is 0 Å². The summed E-state index contributed by atoms with van der Waals surface area (Å²) in [5, 5.41) is 0. The number of methoxy groups -OCH3 is 2. The summed E-state index contributed by atoms with van der Waals surface area (Å²) in [6.45, 7) is 2.06. The topological polar surface area (TPSA) is 72.9 Å². The van der Waals surface area contributed by atoms with Crippen LogP contribution in [-0.4, -0.2) is 45.3 Å². The number of hydrogen-bond acceptors (Lipinski definition) is 5. The second-order valence-corrected chi connectivity index (χ2v) is 8.36. The number of sulfonamides is 1. The van der Waals surface area contributed by atoms with Gasteiger partial charge in [-0.05, 0) is 67.8 Å². The number of ketones is 1. The summed E-state index contributed by atoms with van der Waals surface area (Å²) >= 11 is 0. The van der Waals surface area contributed by atoms with Gasteiger partial charge >= 0.3 is 0 Å². The van der Waals surface area contributed by atoms with Crippen LogP contribution in [0.1, 0.15) is 28.8 Å². The van der Waals surface area contributed by atoms with Gasteiger partial charge in [0.2, 0.25) is 10.0 Å². The first-order valence-electron chi connectivity index (χ1n) is 8.73. The maximum Gasteiger partial charge on any atom is 0.244 e. The first-order chi connectivity index (χ1) is 12.9. The highest BCUT2D eigenvalue weighted by Gasteiger charge is 2.40.